The van der Waals surface area contributed by atoms with E-state index in [0.29, 0.717) is 11.5 Å². The predicted molar refractivity (Wildman–Crippen MR) is 48.0 cm³/mol. The molecule has 1 saturated carbocycles. The maximum Gasteiger partial charge on any atom is 0.0261 e. The van der Waals surface area contributed by atoms with Crippen LogP contribution in [0.3, 0.4) is 0 Å². The number of nitrogens with two attached hydrogens (primary N) is 1. The first kappa shape index (κ1) is 9.01. The van der Waals surface area contributed by atoms with Crippen LogP contribution in [0.5, 0.6) is 0 Å². The van der Waals surface area contributed by atoms with Gasteiger partial charge in [-0.3, -0.25) is 11.3 Å². The lowest BCUT2D eigenvalue weighted by Crippen LogP contribution is -2.45. The lowest BCUT2D eigenvalue weighted by atomic mass is 9.80. The Morgan fingerprint density at radius 3 is 2.36 bits per heavy atom. The second-order valence-electron chi connectivity index (χ2n) is 3.99. The first-order valence-corrected chi connectivity index (χ1v) is 4.69. The highest BCUT2D eigenvalue weighted by Gasteiger charge is 2.35. The lowest BCUT2D eigenvalue weighted by molar-refractivity contribution is 0.217. The summed E-state index contributed by atoms with van der Waals surface area (Å²) in [4.78, 5) is 0. The molecule has 1 unspecified atom stereocenters. The van der Waals surface area contributed by atoms with Crippen LogP contribution < -0.4 is 11.3 Å². The minimum absolute atomic E-state index is 0.476. The van der Waals surface area contributed by atoms with E-state index in [1.807, 2.05) is 0 Å². The zero-order valence-corrected chi connectivity index (χ0v) is 7.69. The van der Waals surface area contributed by atoms with Gasteiger partial charge in [-0.05, 0) is 24.7 Å². The van der Waals surface area contributed by atoms with E-state index < -0.39 is 0 Å². The van der Waals surface area contributed by atoms with Crippen molar-refractivity contribution in [3.63, 3.8) is 0 Å². The van der Waals surface area contributed by atoms with Gasteiger partial charge in [0, 0.05) is 6.04 Å². The Balaban J connectivity index is 2.53. The Labute approximate surface area is 69.5 Å². The van der Waals surface area contributed by atoms with Crippen molar-refractivity contribution < 1.29 is 0 Å². The van der Waals surface area contributed by atoms with Crippen LogP contribution in [0.15, 0.2) is 0 Å². The van der Waals surface area contributed by atoms with Gasteiger partial charge in [-0.2, -0.15) is 0 Å². The second-order valence-corrected chi connectivity index (χ2v) is 3.99. The highest BCUT2D eigenvalue weighted by molar-refractivity contribution is 4.89. The van der Waals surface area contributed by atoms with Gasteiger partial charge in [0.15, 0.2) is 0 Å². The van der Waals surface area contributed by atoms with Crippen LogP contribution in [0, 0.1) is 5.41 Å². The molecule has 2 nitrogen and oxygen atoms in total. The van der Waals surface area contributed by atoms with Crippen LogP contribution in [0.4, 0.5) is 0 Å². The number of hydrogen-bond donors (Lipinski definition) is 2. The molecule has 0 aromatic carbocycles. The summed E-state index contributed by atoms with van der Waals surface area (Å²) < 4.78 is 0. The summed E-state index contributed by atoms with van der Waals surface area (Å²) in [6.07, 6.45) is 6.60. The van der Waals surface area contributed by atoms with Gasteiger partial charge in [-0.1, -0.05) is 26.7 Å². The van der Waals surface area contributed by atoms with Crippen molar-refractivity contribution in [2.75, 3.05) is 0 Å². The molecule has 0 radical (unpaired) electrons. The first-order chi connectivity index (χ1) is 5.23. The maximum atomic E-state index is 5.50. The topological polar surface area (TPSA) is 38.0 Å². The molecule has 1 aliphatic carbocycles. The molecule has 1 aliphatic rings. The van der Waals surface area contributed by atoms with E-state index in [-0.39, 0.29) is 0 Å². The van der Waals surface area contributed by atoms with Crippen LogP contribution in [0.1, 0.15) is 46.0 Å². The summed E-state index contributed by atoms with van der Waals surface area (Å²) in [5.74, 6) is 5.50. The Kier molecular flexibility index (Phi) is 2.90. The van der Waals surface area contributed by atoms with Crippen molar-refractivity contribution in [1.29, 1.82) is 0 Å². The average Bonchev–Trinajstić information content (AvgIpc) is 2.39. The summed E-state index contributed by atoms with van der Waals surface area (Å²) in [7, 11) is 0. The third kappa shape index (κ3) is 1.74. The molecule has 0 saturated heterocycles. The summed E-state index contributed by atoms with van der Waals surface area (Å²) in [5, 5.41) is 0. The van der Waals surface area contributed by atoms with E-state index in [9.17, 15) is 0 Å². The summed E-state index contributed by atoms with van der Waals surface area (Å²) >= 11 is 0. The van der Waals surface area contributed by atoms with Crippen LogP contribution in [-0.4, -0.2) is 6.04 Å². The third-order valence-electron chi connectivity index (χ3n) is 3.20. The number of hydrogen-bond acceptors (Lipinski definition) is 2. The minimum Gasteiger partial charge on any atom is -0.271 e. The number of nitrogens with one attached hydrogen (secondary N) is 1. The highest BCUT2D eigenvalue weighted by atomic mass is 15.2. The molecular weight excluding hydrogens is 136 g/mol. The zero-order valence-electron chi connectivity index (χ0n) is 7.69. The maximum absolute atomic E-state index is 5.50. The monoisotopic (exact) mass is 156 g/mol. The van der Waals surface area contributed by atoms with E-state index >= 15 is 0 Å². The fourth-order valence-electron chi connectivity index (χ4n) is 2.34. The van der Waals surface area contributed by atoms with Crippen LogP contribution >= 0.6 is 0 Å². The molecular formula is C9H20N2. The van der Waals surface area contributed by atoms with E-state index in [1.54, 1.807) is 0 Å². The van der Waals surface area contributed by atoms with Gasteiger partial charge in [0.25, 0.3) is 0 Å². The fourth-order valence-corrected chi connectivity index (χ4v) is 2.34. The van der Waals surface area contributed by atoms with Crippen molar-refractivity contribution in [2.24, 2.45) is 11.3 Å². The largest absolute Gasteiger partial charge is 0.271 e. The van der Waals surface area contributed by atoms with Gasteiger partial charge in [0.05, 0.1) is 0 Å². The molecule has 0 bridgehead atoms. The Morgan fingerprint density at radius 2 is 2.00 bits per heavy atom. The van der Waals surface area contributed by atoms with Gasteiger partial charge in [0.1, 0.15) is 0 Å². The van der Waals surface area contributed by atoms with E-state index in [1.165, 1.54) is 25.7 Å². The molecule has 0 aromatic heterocycles. The van der Waals surface area contributed by atoms with Crippen LogP contribution in [0.25, 0.3) is 0 Å². The fraction of sp³-hybridized carbons (Fsp3) is 1.00. The molecule has 1 rings (SSSR count). The van der Waals surface area contributed by atoms with Gasteiger partial charge < -0.3 is 0 Å². The first-order valence-electron chi connectivity index (χ1n) is 4.69. The van der Waals surface area contributed by atoms with Crippen LogP contribution in [0.2, 0.25) is 0 Å². The van der Waals surface area contributed by atoms with Gasteiger partial charge in [0.2, 0.25) is 0 Å². The molecule has 1 atom stereocenters. The zero-order chi connectivity index (χ0) is 8.32. The molecule has 0 spiro atoms. The average molecular weight is 156 g/mol. The van der Waals surface area contributed by atoms with Crippen molar-refractivity contribution >= 4 is 0 Å². The van der Waals surface area contributed by atoms with Crippen molar-refractivity contribution in [3.8, 4) is 0 Å². The molecule has 3 N–H and O–H groups in total. The van der Waals surface area contributed by atoms with Gasteiger partial charge in [-0.25, -0.2) is 0 Å². The van der Waals surface area contributed by atoms with Gasteiger partial charge in [-0.15, -0.1) is 0 Å². The molecule has 0 aliphatic heterocycles. The van der Waals surface area contributed by atoms with Crippen molar-refractivity contribution in [3.05, 3.63) is 0 Å². The smallest absolute Gasteiger partial charge is 0.0261 e. The molecule has 0 aromatic rings. The summed E-state index contributed by atoms with van der Waals surface area (Å²) in [5.41, 5.74) is 3.41. The molecule has 2 heteroatoms. The minimum atomic E-state index is 0.476. The molecule has 0 heterocycles. The van der Waals surface area contributed by atoms with Crippen LogP contribution in [-0.2, 0) is 0 Å². The Morgan fingerprint density at radius 1 is 1.45 bits per heavy atom. The number of hydrazine groups is 1. The van der Waals surface area contributed by atoms with Crippen molar-refractivity contribution in [2.45, 2.75) is 52.0 Å². The summed E-state index contributed by atoms with van der Waals surface area (Å²) in [6.45, 7) is 4.56. The molecule has 11 heavy (non-hydrogen) atoms. The third-order valence-corrected chi connectivity index (χ3v) is 3.20. The molecule has 1 fully saturated rings. The molecule has 66 valence electrons. The number of rotatable bonds is 3. The standard InChI is InChI=1S/C9H20N2/c1-3-8(11-10)9(2)6-4-5-7-9/h8,11H,3-7,10H2,1-2H3. The van der Waals surface area contributed by atoms with E-state index in [0.717, 1.165) is 6.42 Å². The molecule has 0 amide bonds. The SMILES string of the molecule is CCC(NN)C1(C)CCCC1. The van der Waals surface area contributed by atoms with Gasteiger partial charge >= 0.3 is 0 Å². The Hall–Kier alpha value is -0.0800. The van der Waals surface area contributed by atoms with E-state index in [4.69, 9.17) is 5.84 Å². The highest BCUT2D eigenvalue weighted by Crippen LogP contribution is 2.41. The predicted octanol–water partition coefficient (Wildman–Crippen LogP) is 1.81. The summed E-state index contributed by atoms with van der Waals surface area (Å²) in [6, 6.07) is 0.519. The quantitative estimate of drug-likeness (QED) is 0.483. The second kappa shape index (κ2) is 3.55. The van der Waals surface area contributed by atoms with E-state index in [2.05, 4.69) is 19.3 Å². The lowest BCUT2D eigenvalue weighted by Gasteiger charge is -2.32. The normalized spacial score (nSPS) is 25.4. The van der Waals surface area contributed by atoms with Crippen molar-refractivity contribution in [1.82, 2.24) is 5.43 Å². The Bertz CT molecular complexity index is 113.